The summed E-state index contributed by atoms with van der Waals surface area (Å²) in [6.07, 6.45) is 3.65. The van der Waals surface area contributed by atoms with Gasteiger partial charge in [-0.15, -0.1) is 0 Å². The Morgan fingerprint density at radius 3 is 2.55 bits per heavy atom. The molecule has 3 nitrogen and oxygen atoms in total. The maximum atomic E-state index is 12.4. The van der Waals surface area contributed by atoms with Crippen LogP contribution in [0.5, 0.6) is 5.75 Å². The Bertz CT molecular complexity index is 554. The lowest BCUT2D eigenvalue weighted by Crippen LogP contribution is -2.54. The van der Waals surface area contributed by atoms with Crippen LogP contribution in [0.3, 0.4) is 0 Å². The molecule has 2 saturated heterocycles. The van der Waals surface area contributed by atoms with Crippen LogP contribution in [-0.4, -0.2) is 24.6 Å². The third kappa shape index (κ3) is 2.16. The Morgan fingerprint density at radius 1 is 1.25 bits per heavy atom. The highest BCUT2D eigenvalue weighted by molar-refractivity contribution is 6.04. The molecule has 3 aliphatic rings. The molecule has 0 N–H and O–H groups in total. The van der Waals surface area contributed by atoms with Gasteiger partial charge in [0.25, 0.3) is 0 Å². The van der Waals surface area contributed by atoms with E-state index in [1.807, 2.05) is 30.3 Å². The quantitative estimate of drug-likeness (QED) is 0.775. The van der Waals surface area contributed by atoms with Crippen molar-refractivity contribution < 1.29 is 14.3 Å². The van der Waals surface area contributed by atoms with Crippen LogP contribution >= 0.6 is 0 Å². The van der Waals surface area contributed by atoms with Gasteiger partial charge in [0, 0.05) is 11.5 Å². The van der Waals surface area contributed by atoms with Crippen molar-refractivity contribution in [2.75, 3.05) is 7.11 Å². The molecule has 1 aromatic carbocycles. The van der Waals surface area contributed by atoms with E-state index >= 15 is 0 Å². The van der Waals surface area contributed by atoms with Gasteiger partial charge in [-0.25, -0.2) is 0 Å². The predicted molar refractivity (Wildman–Crippen MR) is 77.7 cm³/mol. The van der Waals surface area contributed by atoms with Crippen LogP contribution in [-0.2, 0) is 9.53 Å². The first-order chi connectivity index (χ1) is 9.51. The Kier molecular flexibility index (Phi) is 3.17. The monoisotopic (exact) mass is 272 g/mol. The molecule has 0 aromatic heterocycles. The average Bonchev–Trinajstić information content (AvgIpc) is 2.43. The van der Waals surface area contributed by atoms with Crippen LogP contribution in [0, 0.1) is 5.92 Å². The molecular weight excluding hydrogens is 252 g/mol. The first-order valence-corrected chi connectivity index (χ1v) is 7.09. The van der Waals surface area contributed by atoms with E-state index < -0.39 is 0 Å². The molecular formula is C17H20O3. The van der Waals surface area contributed by atoms with E-state index in [1.165, 1.54) is 0 Å². The second-order valence-electron chi connectivity index (χ2n) is 6.08. The molecule has 2 bridgehead atoms. The highest BCUT2D eigenvalue weighted by Crippen LogP contribution is 2.45. The van der Waals surface area contributed by atoms with Crippen molar-refractivity contribution in [2.24, 2.45) is 5.92 Å². The largest absolute Gasteiger partial charge is 0.497 e. The van der Waals surface area contributed by atoms with Crippen LogP contribution in [0.4, 0.5) is 0 Å². The third-order valence-corrected chi connectivity index (χ3v) is 4.39. The first kappa shape index (κ1) is 13.4. The molecule has 106 valence electrons. The molecule has 4 rings (SSSR count). The second kappa shape index (κ2) is 4.74. The van der Waals surface area contributed by atoms with Crippen molar-refractivity contribution in [3.8, 4) is 5.75 Å². The number of fused-ring (bicyclic) bond motifs is 3. The molecule has 2 aliphatic heterocycles. The number of benzene rings is 1. The first-order valence-electron chi connectivity index (χ1n) is 7.09. The fourth-order valence-corrected chi connectivity index (χ4v) is 3.30. The fourth-order valence-electron chi connectivity index (χ4n) is 3.30. The Labute approximate surface area is 119 Å². The maximum Gasteiger partial charge on any atom is 0.187 e. The topological polar surface area (TPSA) is 35.5 Å². The van der Waals surface area contributed by atoms with Gasteiger partial charge in [0.1, 0.15) is 11.9 Å². The summed E-state index contributed by atoms with van der Waals surface area (Å²) in [5.74, 6) is 1.19. The van der Waals surface area contributed by atoms with Gasteiger partial charge in [-0.3, -0.25) is 4.79 Å². The molecule has 0 radical (unpaired) electrons. The number of methoxy groups -OCH3 is 1. The van der Waals surface area contributed by atoms with Crippen molar-refractivity contribution in [1.82, 2.24) is 0 Å². The summed E-state index contributed by atoms with van der Waals surface area (Å²) in [5.41, 5.74) is 1.72. The SMILES string of the molecule is COc1ccc(/C=C2/C(=O)C3CCC2C(C)(C)O3)cc1. The number of ether oxygens (including phenoxy) is 2. The molecule has 0 spiro atoms. The minimum atomic E-state index is -0.250. The fraction of sp³-hybridized carbons (Fsp3) is 0.471. The zero-order valence-electron chi connectivity index (χ0n) is 12.2. The number of carbonyl (C=O) groups excluding carboxylic acids is 1. The number of hydrogen-bond donors (Lipinski definition) is 0. The molecule has 1 saturated carbocycles. The van der Waals surface area contributed by atoms with Gasteiger partial charge in [-0.1, -0.05) is 12.1 Å². The zero-order valence-corrected chi connectivity index (χ0v) is 12.2. The second-order valence-corrected chi connectivity index (χ2v) is 6.08. The Hall–Kier alpha value is -1.61. The Morgan fingerprint density at radius 2 is 1.95 bits per heavy atom. The van der Waals surface area contributed by atoms with E-state index in [-0.39, 0.29) is 23.4 Å². The summed E-state index contributed by atoms with van der Waals surface area (Å²) in [6, 6.07) is 7.80. The number of Topliss-reactive ketones (excluding diaryl/α,β-unsaturated/α-hetero) is 1. The number of carbonyl (C=O) groups is 1. The minimum Gasteiger partial charge on any atom is -0.497 e. The van der Waals surface area contributed by atoms with Gasteiger partial charge in [0.05, 0.1) is 12.7 Å². The summed E-state index contributed by atoms with van der Waals surface area (Å²) >= 11 is 0. The molecule has 2 atom stereocenters. The smallest absolute Gasteiger partial charge is 0.187 e. The molecule has 3 heteroatoms. The van der Waals surface area contributed by atoms with Crippen LogP contribution in [0.25, 0.3) is 6.08 Å². The summed E-state index contributed by atoms with van der Waals surface area (Å²) in [5, 5.41) is 0. The van der Waals surface area contributed by atoms with Gasteiger partial charge >= 0.3 is 0 Å². The van der Waals surface area contributed by atoms with Crippen LogP contribution in [0.15, 0.2) is 29.8 Å². The molecule has 20 heavy (non-hydrogen) atoms. The summed E-state index contributed by atoms with van der Waals surface area (Å²) in [7, 11) is 1.65. The number of rotatable bonds is 2. The van der Waals surface area contributed by atoms with Crippen LogP contribution < -0.4 is 4.74 Å². The van der Waals surface area contributed by atoms with Gasteiger partial charge in [0.15, 0.2) is 5.78 Å². The van der Waals surface area contributed by atoms with E-state index in [4.69, 9.17) is 9.47 Å². The van der Waals surface area contributed by atoms with E-state index in [0.717, 1.165) is 29.7 Å². The van der Waals surface area contributed by atoms with Crippen molar-refractivity contribution >= 4 is 11.9 Å². The van der Waals surface area contributed by atoms with E-state index in [0.29, 0.717) is 0 Å². The van der Waals surface area contributed by atoms with Crippen LogP contribution in [0.1, 0.15) is 32.3 Å². The van der Waals surface area contributed by atoms with E-state index in [2.05, 4.69) is 13.8 Å². The van der Waals surface area contributed by atoms with Gasteiger partial charge < -0.3 is 9.47 Å². The van der Waals surface area contributed by atoms with E-state index in [9.17, 15) is 4.79 Å². The van der Waals surface area contributed by atoms with Crippen molar-refractivity contribution in [1.29, 1.82) is 0 Å². The average molecular weight is 272 g/mol. The van der Waals surface area contributed by atoms with Gasteiger partial charge in [-0.2, -0.15) is 0 Å². The third-order valence-electron chi connectivity index (χ3n) is 4.39. The molecule has 2 heterocycles. The lowest BCUT2D eigenvalue weighted by Gasteiger charge is -2.48. The normalized spacial score (nSPS) is 29.8. The number of ketones is 1. The maximum absolute atomic E-state index is 12.4. The summed E-state index contributed by atoms with van der Waals surface area (Å²) in [4.78, 5) is 12.4. The standard InChI is InChI=1S/C17H20O3/c1-17(2)14-8-9-15(20-17)16(18)13(14)10-11-4-6-12(19-3)7-5-11/h4-7,10,14-15H,8-9H2,1-3H3/b13-10+. The highest BCUT2D eigenvalue weighted by atomic mass is 16.5. The van der Waals surface area contributed by atoms with Gasteiger partial charge in [0.2, 0.25) is 0 Å². The molecule has 1 aromatic rings. The summed E-state index contributed by atoms with van der Waals surface area (Å²) < 4.78 is 11.0. The van der Waals surface area contributed by atoms with Crippen LogP contribution in [0.2, 0.25) is 0 Å². The van der Waals surface area contributed by atoms with Crippen molar-refractivity contribution in [3.63, 3.8) is 0 Å². The lowest BCUT2D eigenvalue weighted by molar-refractivity contribution is -0.172. The molecule has 3 fully saturated rings. The minimum absolute atomic E-state index is 0.163. The zero-order chi connectivity index (χ0) is 14.3. The molecule has 0 amide bonds. The van der Waals surface area contributed by atoms with Crippen molar-refractivity contribution in [2.45, 2.75) is 38.4 Å². The Balaban J connectivity index is 1.95. The predicted octanol–water partition coefficient (Wildman–Crippen LogP) is 3.24. The molecule has 1 aliphatic carbocycles. The van der Waals surface area contributed by atoms with E-state index in [1.54, 1.807) is 7.11 Å². The van der Waals surface area contributed by atoms with Crippen molar-refractivity contribution in [3.05, 3.63) is 35.4 Å². The number of hydrogen-bond acceptors (Lipinski definition) is 3. The highest BCUT2D eigenvalue weighted by Gasteiger charge is 2.49. The summed E-state index contributed by atoms with van der Waals surface area (Å²) in [6.45, 7) is 4.16. The lowest BCUT2D eigenvalue weighted by atomic mass is 9.69. The van der Waals surface area contributed by atoms with Gasteiger partial charge in [-0.05, 0) is 50.5 Å². The molecule has 2 unspecified atom stereocenters.